The van der Waals surface area contributed by atoms with Gasteiger partial charge in [-0.1, -0.05) is 54.1 Å². The van der Waals surface area contributed by atoms with E-state index in [0.29, 0.717) is 22.7 Å². The molecule has 1 N–H and O–H groups in total. The minimum absolute atomic E-state index is 0.144. The van der Waals surface area contributed by atoms with E-state index < -0.39 is 6.04 Å². The number of anilines is 1. The Morgan fingerprint density at radius 2 is 1.93 bits per heavy atom. The van der Waals surface area contributed by atoms with Crippen LogP contribution in [-0.2, 0) is 11.2 Å². The van der Waals surface area contributed by atoms with Crippen molar-refractivity contribution in [2.45, 2.75) is 18.9 Å². The molecule has 5 heteroatoms. The fraction of sp³-hybridized carbons (Fsp3) is 0.182. The molecule has 0 saturated heterocycles. The molecule has 2 amide bonds. The quantitative estimate of drug-likeness (QED) is 0.877. The number of hydrogen-bond acceptors (Lipinski definition) is 2. The van der Waals surface area contributed by atoms with Crippen LogP contribution in [0.5, 0.6) is 0 Å². The molecule has 0 spiro atoms. The standard InChI is InChI=1S/C22H19ClN2O2/c1-25-20-11-10-17(23)13-18(20)21(26)24-19(22(25)27)12-14-6-8-16(9-7-14)15-4-2-3-5-15/h2,4-11,13,19H,3,12H2,1H3,(H,24,26). The Morgan fingerprint density at radius 1 is 1.15 bits per heavy atom. The lowest BCUT2D eigenvalue weighted by atomic mass is 10.0. The number of carbonyl (C=O) groups is 2. The van der Waals surface area contributed by atoms with Gasteiger partial charge in [0.1, 0.15) is 6.04 Å². The van der Waals surface area contributed by atoms with E-state index in [9.17, 15) is 9.59 Å². The van der Waals surface area contributed by atoms with Gasteiger partial charge in [-0.25, -0.2) is 0 Å². The van der Waals surface area contributed by atoms with Crippen LogP contribution in [-0.4, -0.2) is 24.9 Å². The molecular formula is C22H19ClN2O2. The van der Waals surface area contributed by atoms with Crippen molar-refractivity contribution in [3.8, 4) is 0 Å². The van der Waals surface area contributed by atoms with Crippen molar-refractivity contribution in [2.75, 3.05) is 11.9 Å². The summed E-state index contributed by atoms with van der Waals surface area (Å²) in [4.78, 5) is 27.0. The maximum absolute atomic E-state index is 12.9. The van der Waals surface area contributed by atoms with E-state index in [0.717, 1.165) is 17.5 Å². The predicted molar refractivity (Wildman–Crippen MR) is 108 cm³/mol. The maximum atomic E-state index is 12.9. The molecule has 0 saturated carbocycles. The number of benzene rings is 2. The molecule has 0 bridgehead atoms. The molecule has 27 heavy (non-hydrogen) atoms. The van der Waals surface area contributed by atoms with Gasteiger partial charge in [0.05, 0.1) is 11.3 Å². The van der Waals surface area contributed by atoms with Gasteiger partial charge in [-0.05, 0) is 41.3 Å². The number of hydrogen-bond donors (Lipinski definition) is 1. The second-order valence-electron chi connectivity index (χ2n) is 6.78. The average molecular weight is 379 g/mol. The Labute approximate surface area is 163 Å². The predicted octanol–water partition coefficient (Wildman–Crippen LogP) is 4.00. The average Bonchev–Trinajstić information content (AvgIpc) is 3.19. The number of amides is 2. The lowest BCUT2D eigenvalue weighted by molar-refractivity contribution is -0.120. The number of nitrogens with zero attached hydrogens (tertiary/aromatic N) is 1. The van der Waals surface area contributed by atoms with E-state index in [1.165, 1.54) is 10.5 Å². The molecule has 136 valence electrons. The van der Waals surface area contributed by atoms with Crippen LogP contribution < -0.4 is 10.2 Å². The fourth-order valence-electron chi connectivity index (χ4n) is 3.51. The summed E-state index contributed by atoms with van der Waals surface area (Å²) in [6.07, 6.45) is 7.83. The topological polar surface area (TPSA) is 49.4 Å². The first-order valence-electron chi connectivity index (χ1n) is 8.87. The lowest BCUT2D eigenvalue weighted by Crippen LogP contribution is -2.45. The number of halogens is 1. The van der Waals surface area contributed by atoms with Crippen molar-refractivity contribution < 1.29 is 9.59 Å². The number of carbonyl (C=O) groups excluding carboxylic acids is 2. The van der Waals surface area contributed by atoms with Gasteiger partial charge < -0.3 is 10.2 Å². The molecular weight excluding hydrogens is 360 g/mol. The molecule has 1 aliphatic heterocycles. The van der Waals surface area contributed by atoms with E-state index >= 15 is 0 Å². The summed E-state index contributed by atoms with van der Waals surface area (Å²) in [7, 11) is 1.68. The summed E-state index contributed by atoms with van der Waals surface area (Å²) in [6, 6.07) is 12.5. The lowest BCUT2D eigenvalue weighted by Gasteiger charge is -2.21. The number of rotatable bonds is 3. The van der Waals surface area contributed by atoms with Gasteiger partial charge >= 0.3 is 0 Å². The zero-order valence-corrected chi connectivity index (χ0v) is 15.7. The molecule has 1 unspecified atom stereocenters. The minimum Gasteiger partial charge on any atom is -0.340 e. The molecule has 2 aromatic carbocycles. The van der Waals surface area contributed by atoms with Crippen LogP contribution in [0.3, 0.4) is 0 Å². The normalized spacial score (nSPS) is 18.8. The molecule has 4 rings (SSSR count). The highest BCUT2D eigenvalue weighted by molar-refractivity contribution is 6.31. The minimum atomic E-state index is -0.620. The van der Waals surface area contributed by atoms with E-state index in [1.807, 2.05) is 12.1 Å². The van der Waals surface area contributed by atoms with Crippen molar-refractivity contribution in [3.63, 3.8) is 0 Å². The molecule has 2 aromatic rings. The first-order valence-corrected chi connectivity index (χ1v) is 9.25. The summed E-state index contributed by atoms with van der Waals surface area (Å²) in [6.45, 7) is 0. The van der Waals surface area contributed by atoms with E-state index in [4.69, 9.17) is 11.6 Å². The van der Waals surface area contributed by atoms with Crippen LogP contribution >= 0.6 is 11.6 Å². The van der Waals surface area contributed by atoms with Gasteiger partial charge in [0.15, 0.2) is 0 Å². The third-order valence-corrected chi connectivity index (χ3v) is 5.23. The second-order valence-corrected chi connectivity index (χ2v) is 7.22. The van der Waals surface area contributed by atoms with Crippen molar-refractivity contribution in [2.24, 2.45) is 0 Å². The third-order valence-electron chi connectivity index (χ3n) is 5.00. The van der Waals surface area contributed by atoms with Crippen molar-refractivity contribution in [1.29, 1.82) is 0 Å². The Bertz CT molecular complexity index is 976. The van der Waals surface area contributed by atoms with Gasteiger partial charge in [0.25, 0.3) is 5.91 Å². The highest BCUT2D eigenvalue weighted by Crippen LogP contribution is 2.27. The van der Waals surface area contributed by atoms with Crippen LogP contribution in [0.25, 0.3) is 5.57 Å². The van der Waals surface area contributed by atoms with Crippen molar-refractivity contribution >= 4 is 34.7 Å². The first kappa shape index (κ1) is 17.6. The van der Waals surface area contributed by atoms with Crippen LogP contribution in [0, 0.1) is 0 Å². The highest BCUT2D eigenvalue weighted by Gasteiger charge is 2.31. The largest absolute Gasteiger partial charge is 0.340 e. The molecule has 1 heterocycles. The molecule has 1 aliphatic carbocycles. The SMILES string of the molecule is CN1C(=O)C(Cc2ccc(C3=CCC=C3)cc2)NC(=O)c2cc(Cl)ccc21. The first-order chi connectivity index (χ1) is 13.0. The smallest absolute Gasteiger partial charge is 0.254 e. The highest BCUT2D eigenvalue weighted by atomic mass is 35.5. The molecule has 0 fully saturated rings. The third kappa shape index (κ3) is 3.40. The second kappa shape index (κ2) is 7.05. The Balaban J connectivity index is 1.57. The van der Waals surface area contributed by atoms with Crippen LogP contribution in [0.4, 0.5) is 5.69 Å². The van der Waals surface area contributed by atoms with Gasteiger partial charge in [-0.15, -0.1) is 0 Å². The Hall–Kier alpha value is -2.85. The summed E-state index contributed by atoms with van der Waals surface area (Å²) in [5.41, 5.74) is 4.35. The summed E-state index contributed by atoms with van der Waals surface area (Å²) in [5, 5.41) is 3.32. The number of likely N-dealkylation sites (N-methyl/N-ethyl adjacent to an activating group) is 1. The number of allylic oxidation sites excluding steroid dienone is 4. The molecule has 1 atom stereocenters. The monoisotopic (exact) mass is 378 g/mol. The van der Waals surface area contributed by atoms with E-state index in [-0.39, 0.29) is 11.8 Å². The zero-order valence-electron chi connectivity index (χ0n) is 14.9. The summed E-state index contributed by atoms with van der Waals surface area (Å²) >= 11 is 6.02. The van der Waals surface area contributed by atoms with Gasteiger partial charge in [0, 0.05) is 18.5 Å². The van der Waals surface area contributed by atoms with Crippen LogP contribution in [0.1, 0.15) is 27.9 Å². The Morgan fingerprint density at radius 3 is 2.63 bits per heavy atom. The zero-order chi connectivity index (χ0) is 19.0. The van der Waals surface area contributed by atoms with E-state index in [1.54, 1.807) is 25.2 Å². The fourth-order valence-corrected chi connectivity index (χ4v) is 3.68. The van der Waals surface area contributed by atoms with Crippen molar-refractivity contribution in [3.05, 3.63) is 82.4 Å². The van der Waals surface area contributed by atoms with Crippen LogP contribution in [0.15, 0.2) is 60.7 Å². The van der Waals surface area contributed by atoms with E-state index in [2.05, 4.69) is 35.7 Å². The van der Waals surface area contributed by atoms with Gasteiger partial charge in [-0.3, -0.25) is 9.59 Å². The van der Waals surface area contributed by atoms with Gasteiger partial charge in [-0.2, -0.15) is 0 Å². The molecule has 0 radical (unpaired) electrons. The number of nitrogens with one attached hydrogen (secondary N) is 1. The summed E-state index contributed by atoms with van der Waals surface area (Å²) in [5.74, 6) is -0.428. The number of fused-ring (bicyclic) bond motifs is 1. The van der Waals surface area contributed by atoms with Gasteiger partial charge in [0.2, 0.25) is 5.91 Å². The Kier molecular flexibility index (Phi) is 4.58. The van der Waals surface area contributed by atoms with Crippen LogP contribution in [0.2, 0.25) is 5.02 Å². The maximum Gasteiger partial charge on any atom is 0.254 e. The molecule has 4 nitrogen and oxygen atoms in total. The van der Waals surface area contributed by atoms with Crippen molar-refractivity contribution in [1.82, 2.24) is 5.32 Å². The molecule has 0 aromatic heterocycles. The summed E-state index contributed by atoms with van der Waals surface area (Å²) < 4.78 is 0. The molecule has 2 aliphatic rings.